The second kappa shape index (κ2) is 6.06. The number of hydrogen-bond donors (Lipinski definition) is 1. The number of carbonyl (C=O) groups is 1. The fourth-order valence-corrected chi connectivity index (χ4v) is 1.31. The Bertz CT molecular complexity index is 513. The van der Waals surface area contributed by atoms with Crippen LogP contribution in [-0.2, 0) is 4.74 Å². The van der Waals surface area contributed by atoms with Crippen LogP contribution in [0.3, 0.4) is 0 Å². The minimum Gasteiger partial charge on any atom is -0.464 e. The van der Waals surface area contributed by atoms with Gasteiger partial charge in [-0.05, 0) is 12.1 Å². The van der Waals surface area contributed by atoms with E-state index < -0.39 is 5.97 Å². The first-order chi connectivity index (χ1) is 8.63. The van der Waals surface area contributed by atoms with Crippen molar-refractivity contribution in [2.24, 2.45) is 0 Å². The minimum atomic E-state index is -0.606. The summed E-state index contributed by atoms with van der Waals surface area (Å²) in [6.45, 7) is -0.0925. The fourth-order valence-electron chi connectivity index (χ4n) is 1.31. The summed E-state index contributed by atoms with van der Waals surface area (Å²) < 4.78 is 4.54. The van der Waals surface area contributed by atoms with E-state index in [-0.39, 0.29) is 30.3 Å². The number of hydrogen-bond acceptors (Lipinski definition) is 7. The molecule has 7 heteroatoms. The van der Waals surface area contributed by atoms with E-state index in [1.165, 1.54) is 24.1 Å². The van der Waals surface area contributed by atoms with Crippen LogP contribution in [0.5, 0.6) is 0 Å². The molecule has 0 amide bonds. The number of rotatable bonds is 4. The summed E-state index contributed by atoms with van der Waals surface area (Å²) in [4.78, 5) is 16.7. The van der Waals surface area contributed by atoms with Crippen LogP contribution >= 0.6 is 0 Å². The van der Waals surface area contributed by atoms with E-state index in [0.29, 0.717) is 0 Å². The van der Waals surface area contributed by atoms with E-state index in [9.17, 15) is 4.79 Å². The molecule has 0 bridgehead atoms. The summed E-state index contributed by atoms with van der Waals surface area (Å²) >= 11 is 0. The Hall–Kier alpha value is -2.80. The maximum Gasteiger partial charge on any atom is 0.356 e. The first-order valence-corrected chi connectivity index (χ1v) is 4.97. The van der Waals surface area contributed by atoms with Gasteiger partial charge in [-0.3, -0.25) is 0 Å². The van der Waals surface area contributed by atoms with E-state index in [2.05, 4.69) is 9.72 Å². The molecule has 0 spiro atoms. The van der Waals surface area contributed by atoms with Gasteiger partial charge >= 0.3 is 5.97 Å². The molecular formula is C11H11N5O2. The smallest absolute Gasteiger partial charge is 0.356 e. The number of nitrogens with two attached hydrogens (primary N) is 1. The highest BCUT2D eigenvalue weighted by Gasteiger charge is 2.15. The lowest BCUT2D eigenvalue weighted by Crippen LogP contribution is -2.26. The first kappa shape index (κ1) is 13.3. The second-order valence-corrected chi connectivity index (χ2v) is 3.27. The molecular weight excluding hydrogens is 234 g/mol. The molecule has 0 saturated carbocycles. The molecule has 1 aromatic rings. The highest BCUT2D eigenvalue weighted by atomic mass is 16.5. The normalized spacial score (nSPS) is 9.06. The van der Waals surface area contributed by atoms with Crippen LogP contribution < -0.4 is 10.6 Å². The van der Waals surface area contributed by atoms with Crippen LogP contribution in [0, 0.1) is 22.7 Å². The Labute approximate surface area is 104 Å². The Morgan fingerprint density at radius 2 is 2.06 bits per heavy atom. The van der Waals surface area contributed by atoms with Crippen molar-refractivity contribution in [1.82, 2.24) is 4.98 Å². The van der Waals surface area contributed by atoms with E-state index in [0.717, 1.165) is 0 Å². The lowest BCUT2D eigenvalue weighted by molar-refractivity contribution is 0.0594. The van der Waals surface area contributed by atoms with Crippen molar-refractivity contribution in [3.05, 3.63) is 17.8 Å². The van der Waals surface area contributed by atoms with Crippen LogP contribution in [-0.4, -0.2) is 31.2 Å². The minimum absolute atomic E-state index is 0.0462. The topological polar surface area (TPSA) is 116 Å². The number of ether oxygens (including phenoxy) is 1. The van der Waals surface area contributed by atoms with Gasteiger partial charge in [-0.2, -0.15) is 10.5 Å². The van der Waals surface area contributed by atoms with Gasteiger partial charge in [0.1, 0.15) is 13.1 Å². The lowest BCUT2D eigenvalue weighted by Gasteiger charge is -2.19. The van der Waals surface area contributed by atoms with Crippen molar-refractivity contribution in [1.29, 1.82) is 10.5 Å². The van der Waals surface area contributed by atoms with Gasteiger partial charge in [0.25, 0.3) is 0 Å². The molecule has 1 rings (SSSR count). The SMILES string of the molecule is COC(=O)c1ccc(N)c(N(CC#N)CC#N)n1. The number of aromatic nitrogens is 1. The molecule has 0 radical (unpaired) electrons. The van der Waals surface area contributed by atoms with Gasteiger partial charge in [-0.25, -0.2) is 9.78 Å². The second-order valence-electron chi connectivity index (χ2n) is 3.27. The van der Waals surface area contributed by atoms with Crippen molar-refractivity contribution in [3.8, 4) is 12.1 Å². The van der Waals surface area contributed by atoms with Crippen molar-refractivity contribution in [2.45, 2.75) is 0 Å². The number of methoxy groups -OCH3 is 1. The van der Waals surface area contributed by atoms with Crippen LogP contribution in [0.15, 0.2) is 12.1 Å². The zero-order valence-electron chi connectivity index (χ0n) is 9.75. The van der Waals surface area contributed by atoms with Crippen molar-refractivity contribution < 1.29 is 9.53 Å². The van der Waals surface area contributed by atoms with Crippen LogP contribution in [0.4, 0.5) is 11.5 Å². The average Bonchev–Trinajstić information content (AvgIpc) is 2.38. The van der Waals surface area contributed by atoms with Crippen LogP contribution in [0.25, 0.3) is 0 Å². The lowest BCUT2D eigenvalue weighted by atomic mass is 10.3. The summed E-state index contributed by atoms with van der Waals surface area (Å²) in [5.74, 6) is -0.383. The quantitative estimate of drug-likeness (QED) is 0.599. The van der Waals surface area contributed by atoms with Crippen molar-refractivity contribution in [3.63, 3.8) is 0 Å². The van der Waals surface area contributed by atoms with Gasteiger partial charge in [-0.15, -0.1) is 0 Å². The molecule has 0 aromatic carbocycles. The van der Waals surface area contributed by atoms with Gasteiger partial charge < -0.3 is 15.4 Å². The molecule has 18 heavy (non-hydrogen) atoms. The molecule has 0 aliphatic rings. The van der Waals surface area contributed by atoms with Gasteiger partial charge in [-0.1, -0.05) is 0 Å². The molecule has 1 heterocycles. The number of esters is 1. The Morgan fingerprint density at radius 1 is 1.44 bits per heavy atom. The monoisotopic (exact) mass is 245 g/mol. The Morgan fingerprint density at radius 3 is 2.56 bits per heavy atom. The number of pyridine rings is 1. The number of nitrogens with zero attached hydrogens (tertiary/aromatic N) is 4. The maximum atomic E-state index is 11.3. The number of anilines is 2. The van der Waals surface area contributed by atoms with E-state index in [1.54, 1.807) is 0 Å². The fraction of sp³-hybridized carbons (Fsp3) is 0.273. The molecule has 0 aliphatic heterocycles. The van der Waals surface area contributed by atoms with Gasteiger partial charge in [0.05, 0.1) is 24.9 Å². The highest BCUT2D eigenvalue weighted by Crippen LogP contribution is 2.20. The summed E-state index contributed by atoms with van der Waals surface area (Å²) in [7, 11) is 1.24. The van der Waals surface area contributed by atoms with Crippen molar-refractivity contribution in [2.75, 3.05) is 30.8 Å². The van der Waals surface area contributed by atoms with E-state index in [4.69, 9.17) is 16.3 Å². The zero-order chi connectivity index (χ0) is 13.5. The predicted octanol–water partition coefficient (Wildman–Crippen LogP) is 0.304. The standard InChI is InChI=1S/C11H11N5O2/c1-18-11(17)9-3-2-8(14)10(15-9)16(6-4-12)7-5-13/h2-3H,6-7,14H2,1H3. The molecule has 0 saturated heterocycles. The van der Waals surface area contributed by atoms with Crippen molar-refractivity contribution >= 4 is 17.5 Å². The molecule has 0 aliphatic carbocycles. The third kappa shape index (κ3) is 2.86. The van der Waals surface area contributed by atoms with Crippen LogP contribution in [0.2, 0.25) is 0 Å². The third-order valence-electron chi connectivity index (χ3n) is 2.12. The molecule has 92 valence electrons. The number of carbonyl (C=O) groups excluding carboxylic acids is 1. The number of nitriles is 2. The predicted molar refractivity (Wildman–Crippen MR) is 63.4 cm³/mol. The van der Waals surface area contributed by atoms with E-state index in [1.807, 2.05) is 12.1 Å². The largest absolute Gasteiger partial charge is 0.464 e. The Balaban J connectivity index is 3.17. The molecule has 0 atom stereocenters. The molecule has 0 fully saturated rings. The van der Waals surface area contributed by atoms with Crippen LogP contribution in [0.1, 0.15) is 10.5 Å². The first-order valence-electron chi connectivity index (χ1n) is 4.97. The zero-order valence-corrected chi connectivity index (χ0v) is 9.75. The maximum absolute atomic E-state index is 11.3. The summed E-state index contributed by atoms with van der Waals surface area (Å²) in [6, 6.07) is 6.71. The molecule has 7 nitrogen and oxygen atoms in total. The summed E-state index contributed by atoms with van der Waals surface area (Å²) in [5, 5.41) is 17.4. The summed E-state index contributed by atoms with van der Waals surface area (Å²) in [6.07, 6.45) is 0. The molecule has 1 aromatic heterocycles. The summed E-state index contributed by atoms with van der Waals surface area (Å²) in [5.41, 5.74) is 6.07. The highest BCUT2D eigenvalue weighted by molar-refractivity contribution is 5.88. The van der Waals surface area contributed by atoms with Gasteiger partial charge in [0, 0.05) is 0 Å². The average molecular weight is 245 g/mol. The molecule has 0 unspecified atom stereocenters. The van der Waals surface area contributed by atoms with E-state index >= 15 is 0 Å². The number of nitrogen functional groups attached to an aromatic ring is 1. The Kier molecular flexibility index (Phi) is 4.47. The molecule has 2 N–H and O–H groups in total. The third-order valence-corrected chi connectivity index (χ3v) is 2.12. The van der Waals surface area contributed by atoms with Gasteiger partial charge in [0.2, 0.25) is 0 Å². The van der Waals surface area contributed by atoms with Gasteiger partial charge in [0.15, 0.2) is 11.5 Å².